The minimum Gasteiger partial charge on any atom is -0.394 e. The summed E-state index contributed by atoms with van der Waals surface area (Å²) in [6.07, 6.45) is -1.94. The molecule has 0 saturated carbocycles. The number of rotatable bonds is 1. The van der Waals surface area contributed by atoms with E-state index < -0.39 is 17.7 Å². The minimum absolute atomic E-state index is 0.339. The molecule has 1 saturated heterocycles. The Morgan fingerprint density at radius 1 is 1.67 bits per heavy atom. The van der Waals surface area contributed by atoms with E-state index in [2.05, 4.69) is 4.18 Å². The van der Waals surface area contributed by atoms with Gasteiger partial charge in [-0.2, -0.15) is 0 Å². The zero-order chi connectivity index (χ0) is 6.85. The summed E-state index contributed by atoms with van der Waals surface area (Å²) in [6, 6.07) is 0. The van der Waals surface area contributed by atoms with Gasteiger partial charge in [-0.15, -0.1) is 0 Å². The second-order valence-electron chi connectivity index (χ2n) is 1.76. The molecule has 54 valence electrons. The minimum atomic E-state index is -1.41. The second kappa shape index (κ2) is 2.83. The van der Waals surface area contributed by atoms with Gasteiger partial charge in [0.25, 0.3) is 0 Å². The van der Waals surface area contributed by atoms with Crippen molar-refractivity contribution in [2.24, 2.45) is 0 Å². The third kappa shape index (κ3) is 1.35. The largest absolute Gasteiger partial charge is 0.394 e. The Labute approximate surface area is 56.0 Å². The average molecular weight is 154 g/mol. The average Bonchev–Trinajstić information content (AvgIpc) is 2.15. The Morgan fingerprint density at radius 2 is 2.33 bits per heavy atom. The van der Waals surface area contributed by atoms with Gasteiger partial charge in [-0.25, -0.2) is 4.39 Å². The van der Waals surface area contributed by atoms with Crippen molar-refractivity contribution in [2.45, 2.75) is 17.7 Å². The van der Waals surface area contributed by atoms with Crippen LogP contribution in [0.25, 0.3) is 0 Å². The van der Waals surface area contributed by atoms with Gasteiger partial charge >= 0.3 is 0 Å². The van der Waals surface area contributed by atoms with E-state index in [-0.39, 0.29) is 6.61 Å². The summed E-state index contributed by atoms with van der Waals surface area (Å²) in [5.41, 5.74) is -1.41. The second-order valence-corrected chi connectivity index (χ2v) is 2.59. The summed E-state index contributed by atoms with van der Waals surface area (Å²) >= 11 is 0.561. The van der Waals surface area contributed by atoms with Crippen LogP contribution in [0.2, 0.25) is 0 Å². The number of aliphatic hydroxyl groups is 2. The standard InChI is InChI=1S/C4H7FO3S/c5-4-3(7)2(1-6)8-9-4/h2-4,6-7H,1H2/t2-,3-,4+/m1/s1. The normalized spacial score (nSPS) is 43.7. The van der Waals surface area contributed by atoms with Gasteiger partial charge in [-0.05, 0) is 0 Å². The topological polar surface area (TPSA) is 49.7 Å². The molecule has 2 N–H and O–H groups in total. The lowest BCUT2D eigenvalue weighted by atomic mass is 10.2. The summed E-state index contributed by atoms with van der Waals surface area (Å²) < 4.78 is 16.8. The fraction of sp³-hybridized carbons (Fsp3) is 1.00. The number of hydrogen-bond donors (Lipinski definition) is 2. The Bertz CT molecular complexity index is 102. The SMILES string of the molecule is OC[C@H]1OS[C@H](F)[C@@H]1O. The van der Waals surface area contributed by atoms with Gasteiger partial charge in [0.1, 0.15) is 12.2 Å². The van der Waals surface area contributed by atoms with Gasteiger partial charge in [-0.3, -0.25) is 0 Å². The molecular formula is C4H7FO3S. The first-order valence-corrected chi connectivity index (χ1v) is 3.31. The van der Waals surface area contributed by atoms with Gasteiger partial charge in [0.05, 0.1) is 6.61 Å². The molecule has 0 aromatic heterocycles. The molecule has 5 heteroatoms. The lowest BCUT2D eigenvalue weighted by Crippen LogP contribution is -2.29. The van der Waals surface area contributed by atoms with Crippen LogP contribution in [-0.2, 0) is 4.18 Å². The maximum Gasteiger partial charge on any atom is 0.199 e. The zero-order valence-corrected chi connectivity index (χ0v) is 5.34. The fourth-order valence-corrected chi connectivity index (χ4v) is 1.26. The van der Waals surface area contributed by atoms with Gasteiger partial charge in [0.15, 0.2) is 5.50 Å². The van der Waals surface area contributed by atoms with Gasteiger partial charge in [0.2, 0.25) is 0 Å². The Kier molecular flexibility index (Phi) is 2.29. The monoisotopic (exact) mass is 154 g/mol. The molecule has 0 radical (unpaired) electrons. The summed E-state index contributed by atoms with van der Waals surface area (Å²) in [5.74, 6) is 0. The van der Waals surface area contributed by atoms with Crippen LogP contribution in [0.15, 0.2) is 0 Å². The predicted octanol–water partition coefficient (Wildman–Crippen LogP) is -0.318. The summed E-state index contributed by atoms with van der Waals surface area (Å²) in [6.45, 7) is -0.339. The van der Waals surface area contributed by atoms with Crippen molar-refractivity contribution in [3.8, 4) is 0 Å². The van der Waals surface area contributed by atoms with E-state index in [1.165, 1.54) is 0 Å². The van der Waals surface area contributed by atoms with Gasteiger partial charge in [0, 0.05) is 12.0 Å². The van der Waals surface area contributed by atoms with E-state index in [1.54, 1.807) is 0 Å². The van der Waals surface area contributed by atoms with Crippen molar-refractivity contribution in [3.05, 3.63) is 0 Å². The highest BCUT2D eigenvalue weighted by atomic mass is 32.2. The van der Waals surface area contributed by atoms with Crippen LogP contribution in [0, 0.1) is 0 Å². The molecule has 3 nitrogen and oxygen atoms in total. The van der Waals surface area contributed by atoms with E-state index in [0.717, 1.165) is 0 Å². The molecule has 1 rings (SSSR count). The molecule has 1 heterocycles. The highest BCUT2D eigenvalue weighted by Gasteiger charge is 2.36. The van der Waals surface area contributed by atoms with Crippen molar-refractivity contribution in [1.29, 1.82) is 0 Å². The third-order valence-corrected chi connectivity index (χ3v) is 1.92. The molecule has 1 fully saturated rings. The third-order valence-electron chi connectivity index (χ3n) is 1.10. The van der Waals surface area contributed by atoms with Crippen LogP contribution in [0.1, 0.15) is 0 Å². The van der Waals surface area contributed by atoms with Gasteiger partial charge < -0.3 is 14.4 Å². The molecule has 0 aromatic rings. The first kappa shape index (κ1) is 7.27. The van der Waals surface area contributed by atoms with Crippen molar-refractivity contribution in [1.82, 2.24) is 0 Å². The molecule has 1 aliphatic heterocycles. The van der Waals surface area contributed by atoms with Crippen LogP contribution in [0.5, 0.6) is 0 Å². The number of aliphatic hydroxyl groups excluding tert-OH is 2. The lowest BCUT2D eigenvalue weighted by Gasteiger charge is -2.07. The molecular weight excluding hydrogens is 147 g/mol. The van der Waals surface area contributed by atoms with E-state index in [4.69, 9.17) is 10.2 Å². The first-order chi connectivity index (χ1) is 4.25. The predicted molar refractivity (Wildman–Crippen MR) is 30.5 cm³/mol. The quantitative estimate of drug-likeness (QED) is 0.508. The van der Waals surface area contributed by atoms with E-state index in [0.29, 0.717) is 12.0 Å². The van der Waals surface area contributed by atoms with Crippen LogP contribution in [-0.4, -0.2) is 34.5 Å². The molecule has 9 heavy (non-hydrogen) atoms. The van der Waals surface area contributed by atoms with E-state index >= 15 is 0 Å². The number of alkyl halides is 1. The molecule has 0 aromatic carbocycles. The smallest absolute Gasteiger partial charge is 0.199 e. The molecule has 0 aliphatic carbocycles. The highest BCUT2D eigenvalue weighted by molar-refractivity contribution is 7.95. The Balaban J connectivity index is 2.41. The van der Waals surface area contributed by atoms with Crippen molar-refractivity contribution < 1.29 is 18.8 Å². The maximum absolute atomic E-state index is 12.2. The van der Waals surface area contributed by atoms with Crippen molar-refractivity contribution in [2.75, 3.05) is 6.61 Å². The molecule has 0 unspecified atom stereocenters. The molecule has 0 bridgehead atoms. The maximum atomic E-state index is 12.2. The van der Waals surface area contributed by atoms with E-state index in [1.807, 2.05) is 0 Å². The lowest BCUT2D eigenvalue weighted by molar-refractivity contribution is 0.0180. The summed E-state index contributed by atoms with van der Waals surface area (Å²) in [4.78, 5) is 0. The van der Waals surface area contributed by atoms with Gasteiger partial charge in [-0.1, -0.05) is 0 Å². The Morgan fingerprint density at radius 3 is 2.56 bits per heavy atom. The van der Waals surface area contributed by atoms with Crippen molar-refractivity contribution >= 4 is 12.0 Å². The van der Waals surface area contributed by atoms with Crippen LogP contribution < -0.4 is 0 Å². The highest BCUT2D eigenvalue weighted by Crippen LogP contribution is 2.30. The number of hydrogen-bond acceptors (Lipinski definition) is 4. The van der Waals surface area contributed by atoms with Crippen LogP contribution in [0.4, 0.5) is 4.39 Å². The summed E-state index contributed by atoms with van der Waals surface area (Å²) in [7, 11) is 0. The van der Waals surface area contributed by atoms with E-state index in [9.17, 15) is 4.39 Å². The Hall–Kier alpha value is 0.160. The number of halogens is 1. The molecule has 0 amide bonds. The molecule has 3 atom stereocenters. The molecule has 0 spiro atoms. The van der Waals surface area contributed by atoms with Crippen LogP contribution in [0.3, 0.4) is 0 Å². The first-order valence-electron chi connectivity index (χ1n) is 2.51. The van der Waals surface area contributed by atoms with Crippen LogP contribution >= 0.6 is 12.0 Å². The summed E-state index contributed by atoms with van der Waals surface area (Å²) in [5, 5.41) is 17.2. The zero-order valence-electron chi connectivity index (χ0n) is 4.53. The fourth-order valence-electron chi connectivity index (χ4n) is 0.545. The van der Waals surface area contributed by atoms with Crippen molar-refractivity contribution in [3.63, 3.8) is 0 Å². The molecule has 1 aliphatic rings.